The van der Waals surface area contributed by atoms with Gasteiger partial charge in [-0.1, -0.05) is 0 Å². The first-order valence-electron chi connectivity index (χ1n) is 7.74. The number of carbonyl (C=O) groups is 2. The number of nitrogens with one attached hydrogen (secondary N) is 2. The van der Waals surface area contributed by atoms with Crippen LogP contribution in [0.15, 0.2) is 41.5 Å². The third kappa shape index (κ3) is 6.09. The standard InChI is InChI=1S/C17H20N4O4/c1-12-9-17(24)21(11-19-12)10-16(23)20-14-3-5-15(6-4-14)25-8-7-18-13(2)22/h3-6,9,11H,7-8,10H2,1-2H3,(H,18,22)(H,20,23). The zero-order valence-electron chi connectivity index (χ0n) is 14.1. The summed E-state index contributed by atoms with van der Waals surface area (Å²) >= 11 is 0. The molecule has 2 rings (SSSR count). The van der Waals surface area contributed by atoms with Crippen LogP contribution in [0.5, 0.6) is 5.75 Å². The zero-order chi connectivity index (χ0) is 18.2. The average Bonchev–Trinajstić information content (AvgIpc) is 2.55. The number of hydrogen-bond acceptors (Lipinski definition) is 5. The molecule has 0 aliphatic carbocycles. The molecule has 1 aromatic carbocycles. The predicted octanol–water partition coefficient (Wildman–Crippen LogP) is 0.705. The van der Waals surface area contributed by atoms with Gasteiger partial charge in [0.25, 0.3) is 5.56 Å². The lowest BCUT2D eigenvalue weighted by molar-refractivity contribution is -0.119. The molecule has 0 radical (unpaired) electrons. The van der Waals surface area contributed by atoms with Gasteiger partial charge in [-0.15, -0.1) is 0 Å². The number of ether oxygens (including phenoxy) is 1. The van der Waals surface area contributed by atoms with Crippen molar-refractivity contribution in [1.82, 2.24) is 14.9 Å². The highest BCUT2D eigenvalue weighted by atomic mass is 16.5. The molecule has 8 nitrogen and oxygen atoms in total. The molecule has 2 aromatic rings. The molecule has 0 aliphatic rings. The highest BCUT2D eigenvalue weighted by molar-refractivity contribution is 5.90. The minimum absolute atomic E-state index is 0.107. The van der Waals surface area contributed by atoms with E-state index in [0.29, 0.717) is 30.3 Å². The summed E-state index contributed by atoms with van der Waals surface area (Å²) in [5.41, 5.74) is 0.925. The van der Waals surface area contributed by atoms with Gasteiger partial charge >= 0.3 is 0 Å². The molecule has 0 atom stereocenters. The van der Waals surface area contributed by atoms with Gasteiger partial charge in [0.15, 0.2) is 0 Å². The highest BCUT2D eigenvalue weighted by Crippen LogP contribution is 2.15. The normalized spacial score (nSPS) is 10.2. The quantitative estimate of drug-likeness (QED) is 0.720. The van der Waals surface area contributed by atoms with Gasteiger partial charge in [-0.25, -0.2) is 4.98 Å². The molecule has 2 N–H and O–H groups in total. The molecule has 1 heterocycles. The second-order valence-electron chi connectivity index (χ2n) is 5.40. The summed E-state index contributed by atoms with van der Waals surface area (Å²) < 4.78 is 6.70. The van der Waals surface area contributed by atoms with Gasteiger partial charge in [0.1, 0.15) is 18.9 Å². The van der Waals surface area contributed by atoms with Crippen LogP contribution in [0.2, 0.25) is 0 Å². The van der Waals surface area contributed by atoms with Gasteiger partial charge in [-0.3, -0.25) is 19.0 Å². The van der Waals surface area contributed by atoms with Gasteiger partial charge in [0.2, 0.25) is 11.8 Å². The molecule has 0 saturated heterocycles. The fraction of sp³-hybridized carbons (Fsp3) is 0.294. The minimum atomic E-state index is -0.327. The Hall–Kier alpha value is -3.16. The van der Waals surface area contributed by atoms with Crippen LogP contribution in [0, 0.1) is 6.92 Å². The predicted molar refractivity (Wildman–Crippen MR) is 92.5 cm³/mol. The Morgan fingerprint density at radius 1 is 1.24 bits per heavy atom. The summed E-state index contributed by atoms with van der Waals surface area (Å²) in [6.07, 6.45) is 1.35. The summed E-state index contributed by atoms with van der Waals surface area (Å²) in [5, 5.41) is 5.33. The number of aryl methyl sites for hydroxylation is 1. The number of carbonyl (C=O) groups excluding carboxylic acids is 2. The van der Waals surface area contributed by atoms with Crippen LogP contribution in [0.3, 0.4) is 0 Å². The summed E-state index contributed by atoms with van der Waals surface area (Å²) in [5.74, 6) is 0.193. The average molecular weight is 344 g/mol. The van der Waals surface area contributed by atoms with Crippen molar-refractivity contribution in [2.75, 3.05) is 18.5 Å². The SMILES string of the molecule is CC(=O)NCCOc1ccc(NC(=O)Cn2cnc(C)cc2=O)cc1. The largest absolute Gasteiger partial charge is 0.492 e. The first kappa shape index (κ1) is 18.2. The molecule has 0 saturated carbocycles. The van der Waals surface area contributed by atoms with E-state index in [1.54, 1.807) is 31.2 Å². The number of aromatic nitrogens is 2. The fourth-order valence-electron chi connectivity index (χ4n) is 2.02. The van der Waals surface area contributed by atoms with E-state index < -0.39 is 0 Å². The minimum Gasteiger partial charge on any atom is -0.492 e. The molecule has 0 unspecified atom stereocenters. The third-order valence-electron chi connectivity index (χ3n) is 3.21. The topological polar surface area (TPSA) is 102 Å². The maximum Gasteiger partial charge on any atom is 0.253 e. The lowest BCUT2D eigenvalue weighted by atomic mass is 10.3. The van der Waals surface area contributed by atoms with Crippen LogP contribution in [0.25, 0.3) is 0 Å². The van der Waals surface area contributed by atoms with Crippen molar-refractivity contribution in [3.05, 3.63) is 52.7 Å². The number of anilines is 1. The van der Waals surface area contributed by atoms with Crippen molar-refractivity contribution >= 4 is 17.5 Å². The Morgan fingerprint density at radius 2 is 1.96 bits per heavy atom. The maximum atomic E-state index is 12.0. The summed E-state index contributed by atoms with van der Waals surface area (Å²) in [4.78, 5) is 38.5. The van der Waals surface area contributed by atoms with E-state index in [0.717, 1.165) is 0 Å². The number of rotatable bonds is 7. The molecule has 0 aliphatic heterocycles. The molecule has 8 heteroatoms. The molecule has 0 spiro atoms. The van der Waals surface area contributed by atoms with Crippen LogP contribution >= 0.6 is 0 Å². The van der Waals surface area contributed by atoms with Crippen molar-refractivity contribution in [1.29, 1.82) is 0 Å². The van der Waals surface area contributed by atoms with Gasteiger partial charge < -0.3 is 15.4 Å². The highest BCUT2D eigenvalue weighted by Gasteiger charge is 2.06. The third-order valence-corrected chi connectivity index (χ3v) is 3.21. The Labute approximate surface area is 144 Å². The molecule has 25 heavy (non-hydrogen) atoms. The Balaban J connectivity index is 1.84. The number of benzene rings is 1. The van der Waals surface area contributed by atoms with E-state index in [-0.39, 0.29) is 23.9 Å². The van der Waals surface area contributed by atoms with Crippen LogP contribution in [0.4, 0.5) is 5.69 Å². The molecule has 0 fully saturated rings. The summed E-state index contributed by atoms with van der Waals surface area (Å²) in [6.45, 7) is 3.83. The van der Waals surface area contributed by atoms with Crippen LogP contribution in [-0.4, -0.2) is 34.5 Å². The van der Waals surface area contributed by atoms with Crippen LogP contribution in [0.1, 0.15) is 12.6 Å². The molecular weight excluding hydrogens is 324 g/mol. The molecular formula is C17H20N4O4. The number of nitrogens with zero attached hydrogens (tertiary/aromatic N) is 2. The van der Waals surface area contributed by atoms with Gasteiger partial charge in [-0.2, -0.15) is 0 Å². The van der Waals surface area contributed by atoms with E-state index in [2.05, 4.69) is 15.6 Å². The van der Waals surface area contributed by atoms with Gasteiger partial charge in [-0.05, 0) is 31.2 Å². The monoisotopic (exact) mass is 344 g/mol. The van der Waals surface area contributed by atoms with Crippen molar-refractivity contribution in [3.63, 3.8) is 0 Å². The van der Waals surface area contributed by atoms with Gasteiger partial charge in [0.05, 0.1) is 12.9 Å². The molecule has 1 aromatic heterocycles. The van der Waals surface area contributed by atoms with Crippen molar-refractivity contribution in [2.24, 2.45) is 0 Å². The second-order valence-corrected chi connectivity index (χ2v) is 5.40. The van der Waals surface area contributed by atoms with E-state index in [9.17, 15) is 14.4 Å². The lowest BCUT2D eigenvalue weighted by Crippen LogP contribution is -2.27. The fourth-order valence-corrected chi connectivity index (χ4v) is 2.02. The number of amides is 2. The summed E-state index contributed by atoms with van der Waals surface area (Å²) in [6, 6.07) is 8.19. The first-order chi connectivity index (χ1) is 11.9. The maximum absolute atomic E-state index is 12.0. The zero-order valence-corrected chi connectivity index (χ0v) is 14.1. The van der Waals surface area contributed by atoms with E-state index >= 15 is 0 Å². The van der Waals surface area contributed by atoms with Crippen molar-refractivity contribution < 1.29 is 14.3 Å². The van der Waals surface area contributed by atoms with Crippen molar-refractivity contribution in [3.8, 4) is 5.75 Å². The lowest BCUT2D eigenvalue weighted by Gasteiger charge is -2.09. The molecule has 132 valence electrons. The smallest absolute Gasteiger partial charge is 0.253 e. The van der Waals surface area contributed by atoms with E-state index in [1.807, 2.05) is 0 Å². The molecule has 2 amide bonds. The second kappa shape index (κ2) is 8.62. The Morgan fingerprint density at radius 3 is 2.60 bits per heavy atom. The summed E-state index contributed by atoms with van der Waals surface area (Å²) in [7, 11) is 0. The Bertz CT molecular complexity index is 799. The van der Waals surface area contributed by atoms with E-state index in [1.165, 1.54) is 23.9 Å². The molecule has 0 bridgehead atoms. The number of hydrogen-bond donors (Lipinski definition) is 2. The van der Waals surface area contributed by atoms with Gasteiger partial charge in [0, 0.05) is 24.4 Å². The van der Waals surface area contributed by atoms with Crippen LogP contribution in [-0.2, 0) is 16.1 Å². The van der Waals surface area contributed by atoms with Crippen molar-refractivity contribution in [2.45, 2.75) is 20.4 Å². The van der Waals surface area contributed by atoms with Crippen LogP contribution < -0.4 is 20.9 Å². The first-order valence-corrected chi connectivity index (χ1v) is 7.74. The van der Waals surface area contributed by atoms with E-state index in [4.69, 9.17) is 4.74 Å². The Kier molecular flexibility index (Phi) is 6.27.